The van der Waals surface area contributed by atoms with Crippen molar-refractivity contribution < 1.29 is 4.79 Å². The second kappa shape index (κ2) is 6.05. The van der Waals surface area contributed by atoms with Crippen LogP contribution in [0.1, 0.15) is 66.7 Å². The number of amides is 1. The molecule has 5 atom stereocenters. The van der Waals surface area contributed by atoms with Crippen LogP contribution in [0.15, 0.2) is 0 Å². The maximum absolute atomic E-state index is 12.3. The highest BCUT2D eigenvalue weighted by Crippen LogP contribution is 2.49. The SMILES string of the molecule is CCC(C)(C)NC(=O)C(C)NC(C)C1C[C@H]2CC[C@@H]1C2. The minimum Gasteiger partial charge on any atom is -0.350 e. The highest BCUT2D eigenvalue weighted by Gasteiger charge is 2.42. The van der Waals surface area contributed by atoms with Gasteiger partial charge >= 0.3 is 0 Å². The van der Waals surface area contributed by atoms with Gasteiger partial charge in [0.05, 0.1) is 6.04 Å². The van der Waals surface area contributed by atoms with Gasteiger partial charge < -0.3 is 10.6 Å². The van der Waals surface area contributed by atoms with E-state index in [0.29, 0.717) is 6.04 Å². The zero-order chi connectivity index (χ0) is 14.9. The number of rotatable bonds is 6. The smallest absolute Gasteiger partial charge is 0.237 e. The summed E-state index contributed by atoms with van der Waals surface area (Å²) in [5.41, 5.74) is -0.108. The van der Waals surface area contributed by atoms with E-state index in [-0.39, 0.29) is 17.5 Å². The van der Waals surface area contributed by atoms with Crippen molar-refractivity contribution in [2.75, 3.05) is 0 Å². The fourth-order valence-electron chi connectivity index (χ4n) is 4.03. The van der Waals surface area contributed by atoms with Gasteiger partial charge in [-0.2, -0.15) is 0 Å². The molecule has 0 spiro atoms. The van der Waals surface area contributed by atoms with Gasteiger partial charge in [-0.05, 0) is 71.1 Å². The summed E-state index contributed by atoms with van der Waals surface area (Å²) in [4.78, 5) is 12.3. The number of carbonyl (C=O) groups excluding carboxylic acids is 1. The number of fused-ring (bicyclic) bond motifs is 2. The summed E-state index contributed by atoms with van der Waals surface area (Å²) < 4.78 is 0. The molecule has 0 aromatic carbocycles. The molecule has 0 aliphatic heterocycles. The van der Waals surface area contributed by atoms with Crippen LogP contribution < -0.4 is 10.6 Å². The Labute approximate surface area is 124 Å². The third kappa shape index (κ3) is 3.55. The predicted octanol–water partition coefficient (Wildman–Crippen LogP) is 3.09. The Hall–Kier alpha value is -0.570. The van der Waals surface area contributed by atoms with E-state index in [2.05, 4.69) is 38.3 Å². The Kier molecular flexibility index (Phi) is 4.78. The molecule has 3 nitrogen and oxygen atoms in total. The summed E-state index contributed by atoms with van der Waals surface area (Å²) in [6.45, 7) is 10.5. The first-order valence-corrected chi connectivity index (χ1v) is 8.40. The van der Waals surface area contributed by atoms with Crippen LogP contribution in [-0.4, -0.2) is 23.5 Å². The van der Waals surface area contributed by atoms with Gasteiger partial charge in [-0.15, -0.1) is 0 Å². The van der Waals surface area contributed by atoms with Gasteiger partial charge in [0, 0.05) is 11.6 Å². The molecular weight excluding hydrogens is 248 g/mol. The zero-order valence-corrected chi connectivity index (χ0v) is 13.8. The Morgan fingerprint density at radius 1 is 1.25 bits per heavy atom. The third-order valence-electron chi connectivity index (χ3n) is 5.69. The van der Waals surface area contributed by atoms with Crippen molar-refractivity contribution in [1.82, 2.24) is 10.6 Å². The lowest BCUT2D eigenvalue weighted by Gasteiger charge is -2.32. The predicted molar refractivity (Wildman–Crippen MR) is 83.5 cm³/mol. The Morgan fingerprint density at radius 3 is 2.45 bits per heavy atom. The minimum atomic E-state index is -0.108. The van der Waals surface area contributed by atoms with Gasteiger partial charge in [0.1, 0.15) is 0 Å². The fraction of sp³-hybridized carbons (Fsp3) is 0.941. The molecule has 116 valence electrons. The van der Waals surface area contributed by atoms with Crippen molar-refractivity contribution in [3.63, 3.8) is 0 Å². The van der Waals surface area contributed by atoms with Crippen LogP contribution in [0.4, 0.5) is 0 Å². The summed E-state index contributed by atoms with van der Waals surface area (Å²) in [7, 11) is 0. The van der Waals surface area contributed by atoms with E-state index in [1.165, 1.54) is 25.7 Å². The molecule has 2 rings (SSSR count). The van der Waals surface area contributed by atoms with Crippen LogP contribution in [0, 0.1) is 17.8 Å². The molecule has 0 saturated heterocycles. The Bertz CT molecular complexity index is 353. The van der Waals surface area contributed by atoms with Gasteiger partial charge in [0.15, 0.2) is 0 Å². The van der Waals surface area contributed by atoms with Crippen molar-refractivity contribution >= 4 is 5.91 Å². The number of nitrogens with one attached hydrogen (secondary N) is 2. The third-order valence-corrected chi connectivity index (χ3v) is 5.69. The second-order valence-electron chi connectivity index (χ2n) is 7.74. The number of hydrogen-bond donors (Lipinski definition) is 2. The maximum Gasteiger partial charge on any atom is 0.237 e. The monoisotopic (exact) mass is 280 g/mol. The van der Waals surface area contributed by atoms with Gasteiger partial charge in [-0.25, -0.2) is 0 Å². The summed E-state index contributed by atoms with van der Waals surface area (Å²) in [5, 5.41) is 6.68. The van der Waals surface area contributed by atoms with E-state index in [4.69, 9.17) is 0 Å². The normalized spacial score (nSPS) is 32.1. The molecule has 1 amide bonds. The van der Waals surface area contributed by atoms with E-state index in [9.17, 15) is 4.79 Å². The molecule has 2 N–H and O–H groups in total. The summed E-state index contributed by atoms with van der Waals surface area (Å²) in [6, 6.07) is 0.353. The molecular formula is C17H32N2O. The average Bonchev–Trinajstić information content (AvgIpc) is 3.00. The second-order valence-corrected chi connectivity index (χ2v) is 7.74. The molecule has 3 heteroatoms. The first kappa shape index (κ1) is 15.8. The molecule has 2 aliphatic rings. The molecule has 2 fully saturated rings. The zero-order valence-electron chi connectivity index (χ0n) is 13.8. The van der Waals surface area contributed by atoms with Crippen molar-refractivity contribution in [1.29, 1.82) is 0 Å². The van der Waals surface area contributed by atoms with Crippen LogP contribution in [0.25, 0.3) is 0 Å². The lowest BCUT2D eigenvalue weighted by molar-refractivity contribution is -0.124. The van der Waals surface area contributed by atoms with Gasteiger partial charge in [-0.1, -0.05) is 13.3 Å². The molecule has 2 saturated carbocycles. The molecule has 2 bridgehead atoms. The lowest BCUT2D eigenvalue weighted by Crippen LogP contribution is -2.53. The highest BCUT2D eigenvalue weighted by atomic mass is 16.2. The van der Waals surface area contributed by atoms with Crippen molar-refractivity contribution in [3.8, 4) is 0 Å². The summed E-state index contributed by atoms with van der Waals surface area (Å²) in [5.74, 6) is 2.79. The summed E-state index contributed by atoms with van der Waals surface area (Å²) >= 11 is 0. The largest absolute Gasteiger partial charge is 0.350 e. The van der Waals surface area contributed by atoms with Crippen LogP contribution in [0.3, 0.4) is 0 Å². The topological polar surface area (TPSA) is 41.1 Å². The van der Waals surface area contributed by atoms with Crippen molar-refractivity contribution in [2.45, 2.75) is 84.3 Å². The van der Waals surface area contributed by atoms with E-state index in [1.807, 2.05) is 6.92 Å². The average molecular weight is 280 g/mol. The molecule has 3 unspecified atom stereocenters. The molecule has 0 aromatic rings. The van der Waals surface area contributed by atoms with Crippen molar-refractivity contribution in [2.24, 2.45) is 17.8 Å². The first-order chi connectivity index (χ1) is 9.32. The summed E-state index contributed by atoms with van der Waals surface area (Å²) in [6.07, 6.45) is 6.60. The van der Waals surface area contributed by atoms with E-state index < -0.39 is 0 Å². The lowest BCUT2D eigenvalue weighted by atomic mass is 9.83. The fourth-order valence-corrected chi connectivity index (χ4v) is 4.03. The first-order valence-electron chi connectivity index (χ1n) is 8.40. The molecule has 2 aliphatic carbocycles. The number of carbonyl (C=O) groups is 1. The molecule has 20 heavy (non-hydrogen) atoms. The minimum absolute atomic E-state index is 0.102. The van der Waals surface area contributed by atoms with Gasteiger partial charge in [-0.3, -0.25) is 4.79 Å². The van der Waals surface area contributed by atoms with Crippen LogP contribution in [0.2, 0.25) is 0 Å². The molecule has 0 radical (unpaired) electrons. The maximum atomic E-state index is 12.3. The van der Waals surface area contributed by atoms with E-state index >= 15 is 0 Å². The standard InChI is InChI=1S/C17H32N2O/c1-6-17(4,5)19-16(20)12(3)18-11(2)15-10-13-7-8-14(15)9-13/h11-15,18H,6-10H2,1-5H3,(H,19,20)/t11?,12?,13-,14+,15?/m0/s1. The van der Waals surface area contributed by atoms with Crippen LogP contribution in [-0.2, 0) is 4.79 Å². The van der Waals surface area contributed by atoms with Crippen molar-refractivity contribution in [3.05, 3.63) is 0 Å². The number of hydrogen-bond acceptors (Lipinski definition) is 2. The van der Waals surface area contributed by atoms with Gasteiger partial charge in [0.25, 0.3) is 0 Å². The van der Waals surface area contributed by atoms with Crippen LogP contribution >= 0.6 is 0 Å². The Balaban J connectivity index is 1.81. The Morgan fingerprint density at radius 2 is 1.95 bits per heavy atom. The molecule has 0 aromatic heterocycles. The highest BCUT2D eigenvalue weighted by molar-refractivity contribution is 5.82. The quantitative estimate of drug-likeness (QED) is 0.785. The van der Waals surface area contributed by atoms with Crippen LogP contribution in [0.5, 0.6) is 0 Å². The van der Waals surface area contributed by atoms with Gasteiger partial charge in [0.2, 0.25) is 5.91 Å². The van der Waals surface area contributed by atoms with E-state index in [0.717, 1.165) is 24.2 Å². The molecule has 0 heterocycles. The van der Waals surface area contributed by atoms with E-state index in [1.54, 1.807) is 0 Å².